The Bertz CT molecular complexity index is 5630. The van der Waals surface area contributed by atoms with E-state index < -0.39 is 0 Å². The predicted molar refractivity (Wildman–Crippen MR) is 373 cm³/mol. The highest BCUT2D eigenvalue weighted by atomic mass is 15.0. The van der Waals surface area contributed by atoms with E-state index in [4.69, 9.17) is 0 Å². The van der Waals surface area contributed by atoms with Crippen LogP contribution in [0.4, 0.5) is 0 Å². The van der Waals surface area contributed by atoms with Gasteiger partial charge in [-0.3, -0.25) is 0 Å². The van der Waals surface area contributed by atoms with Crippen molar-refractivity contribution in [1.29, 1.82) is 0 Å². The zero-order valence-electron chi connectivity index (χ0n) is 48.0. The molecule has 410 valence electrons. The molecule has 4 nitrogen and oxygen atoms in total. The first-order valence-corrected chi connectivity index (χ1v) is 30.7. The van der Waals surface area contributed by atoms with Gasteiger partial charge >= 0.3 is 0 Å². The minimum atomic E-state index is 0.369. The molecule has 4 aromatic heterocycles. The number of benzene rings is 14. The van der Waals surface area contributed by atoms with Gasteiger partial charge in [-0.25, -0.2) is 0 Å². The first kappa shape index (κ1) is 48.9. The molecular formula is C84H54N4. The third kappa shape index (κ3) is 7.08. The van der Waals surface area contributed by atoms with Crippen LogP contribution in [0.2, 0.25) is 0 Å². The lowest BCUT2D eigenvalue weighted by molar-refractivity contribution is 0.867. The summed E-state index contributed by atoms with van der Waals surface area (Å²) < 4.78 is 9.69. The van der Waals surface area contributed by atoms with Gasteiger partial charge in [-0.15, -0.1) is 0 Å². The summed E-state index contributed by atoms with van der Waals surface area (Å²) in [7, 11) is 0. The summed E-state index contributed by atoms with van der Waals surface area (Å²) in [4.78, 5) is 0. The maximum Gasteiger partial charge on any atom is 0.0541 e. The molecule has 0 saturated heterocycles. The number of hydrogen-bond donors (Lipinski definition) is 0. The van der Waals surface area contributed by atoms with Gasteiger partial charge in [-0.2, -0.15) is 0 Å². The molecule has 14 aromatic carbocycles. The van der Waals surface area contributed by atoms with Crippen LogP contribution in [0.25, 0.3) is 159 Å². The van der Waals surface area contributed by atoms with Crippen LogP contribution in [0.15, 0.2) is 309 Å². The number of fused-ring (bicyclic) bond motifs is 24. The van der Waals surface area contributed by atoms with E-state index in [1.165, 1.54) is 170 Å². The Morgan fingerprint density at radius 2 is 0.511 bits per heavy atom. The van der Waals surface area contributed by atoms with Crippen molar-refractivity contribution in [2.75, 3.05) is 0 Å². The van der Waals surface area contributed by atoms with Gasteiger partial charge in [0.15, 0.2) is 0 Å². The molecule has 0 bridgehead atoms. The molecule has 2 aliphatic rings. The van der Waals surface area contributed by atoms with Crippen molar-refractivity contribution in [1.82, 2.24) is 18.3 Å². The van der Waals surface area contributed by atoms with Crippen LogP contribution < -0.4 is 0 Å². The summed E-state index contributed by atoms with van der Waals surface area (Å²) in [6, 6.07) is 107. The minimum Gasteiger partial charge on any atom is -0.309 e. The van der Waals surface area contributed by atoms with Crippen LogP contribution in [0.5, 0.6) is 0 Å². The Labute approximate surface area is 507 Å². The van der Waals surface area contributed by atoms with Crippen LogP contribution in [0, 0.1) is 0 Å². The zero-order valence-corrected chi connectivity index (χ0v) is 48.0. The standard InChI is InChI=1S/C42H26N2.C42H28N2/c1-2-12-30-29(11-1)37-25-27(43-39-17-7-3-13-33(39)34-14-4-8-18-40(34)43)21-23-31(37)32-24-22-28(26-38(30)32)44-41-19-9-5-15-35(41)36-16-6-10-20-42(36)44;1-2-12-30-29(11-1)31-23-21-27(43-39-17-7-3-13-33(39)34-14-4-8-18-40(34)43)25-37(31)38-26-28(22-24-32(30)38)44-41-19-9-5-15-35(41)36-16-6-10-20-42(36)44/h1-26H;1-11,13-26,30H,12H2. The van der Waals surface area contributed by atoms with Crippen molar-refractivity contribution in [3.05, 3.63) is 321 Å². The number of allylic oxidation sites excluding steroid dienone is 4. The molecule has 4 heteroatoms. The molecule has 1 unspecified atom stereocenters. The Balaban J connectivity index is 0.000000128. The van der Waals surface area contributed by atoms with Gasteiger partial charge in [-0.05, 0) is 164 Å². The second-order valence-electron chi connectivity index (χ2n) is 23.8. The minimum absolute atomic E-state index is 0.369. The van der Waals surface area contributed by atoms with Crippen molar-refractivity contribution in [3.63, 3.8) is 0 Å². The van der Waals surface area contributed by atoms with Crippen LogP contribution in [0.3, 0.4) is 0 Å². The van der Waals surface area contributed by atoms with Crippen molar-refractivity contribution in [2.45, 2.75) is 12.3 Å². The summed E-state index contributed by atoms with van der Waals surface area (Å²) >= 11 is 0. The summed E-state index contributed by atoms with van der Waals surface area (Å²) in [5, 5.41) is 17.9. The quantitative estimate of drug-likeness (QED) is 0.157. The molecule has 18 aromatic rings. The largest absolute Gasteiger partial charge is 0.309 e. The third-order valence-corrected chi connectivity index (χ3v) is 19.3. The van der Waals surface area contributed by atoms with Gasteiger partial charge < -0.3 is 18.3 Å². The van der Waals surface area contributed by atoms with Crippen LogP contribution >= 0.6 is 0 Å². The molecule has 0 amide bonds. The second-order valence-corrected chi connectivity index (χ2v) is 23.8. The van der Waals surface area contributed by atoms with Gasteiger partial charge in [0.2, 0.25) is 0 Å². The lowest BCUT2D eigenvalue weighted by Gasteiger charge is -2.32. The van der Waals surface area contributed by atoms with E-state index in [-0.39, 0.29) is 0 Å². The third-order valence-electron chi connectivity index (χ3n) is 19.3. The normalized spacial score (nSPS) is 13.8. The molecular weight excluding hydrogens is 1060 g/mol. The van der Waals surface area contributed by atoms with Crippen LogP contribution in [0.1, 0.15) is 23.5 Å². The smallest absolute Gasteiger partial charge is 0.0541 e. The van der Waals surface area contributed by atoms with E-state index in [9.17, 15) is 0 Å². The fourth-order valence-electron chi connectivity index (χ4n) is 15.6. The first-order chi connectivity index (χ1) is 43.7. The van der Waals surface area contributed by atoms with E-state index >= 15 is 0 Å². The summed E-state index contributed by atoms with van der Waals surface area (Å²) in [6.45, 7) is 0. The number of aromatic nitrogens is 4. The van der Waals surface area contributed by atoms with Gasteiger partial charge in [-0.1, -0.05) is 212 Å². The Kier molecular flexibility index (Phi) is 10.6. The Morgan fingerprint density at radius 1 is 0.227 bits per heavy atom. The number of nitrogens with zero attached hydrogens (tertiary/aromatic N) is 4. The molecule has 1 atom stereocenters. The highest BCUT2D eigenvalue weighted by molar-refractivity contribution is 6.26. The highest BCUT2D eigenvalue weighted by Crippen LogP contribution is 2.51. The van der Waals surface area contributed by atoms with Gasteiger partial charge in [0, 0.05) is 71.8 Å². The fourth-order valence-corrected chi connectivity index (χ4v) is 15.6. The van der Waals surface area contributed by atoms with Gasteiger partial charge in [0.05, 0.1) is 44.1 Å². The van der Waals surface area contributed by atoms with Crippen molar-refractivity contribution >= 4 is 125 Å². The lowest BCUT2D eigenvalue weighted by atomic mass is 9.72. The SMILES string of the molecule is C1=CCC2C(=C1)c1ccc(-n3c4ccccc4c4ccccc43)cc1-c1cc(-n3c4ccccc4c4ccccc43)ccc12.c1ccc2c(c1)c1cc(-n3c4ccccc4c4ccccc43)ccc1c1ccc(-n3c4ccccc4c4ccccc43)cc21. The van der Waals surface area contributed by atoms with E-state index in [0.717, 1.165) is 6.42 Å². The molecule has 2 aliphatic carbocycles. The molecule has 20 rings (SSSR count). The zero-order chi connectivity index (χ0) is 57.6. The van der Waals surface area contributed by atoms with Gasteiger partial charge in [0.25, 0.3) is 0 Å². The first-order valence-electron chi connectivity index (χ1n) is 30.7. The Morgan fingerprint density at radius 3 is 0.875 bits per heavy atom. The van der Waals surface area contributed by atoms with E-state index in [0.29, 0.717) is 5.92 Å². The monoisotopic (exact) mass is 1120 g/mol. The summed E-state index contributed by atoms with van der Waals surface area (Å²) in [5.41, 5.74) is 21.5. The second kappa shape index (κ2) is 19.0. The van der Waals surface area contributed by atoms with E-state index in [2.05, 4.69) is 328 Å². The molecule has 0 N–H and O–H groups in total. The maximum atomic E-state index is 2.44. The fraction of sp³-hybridized carbons (Fsp3) is 0.0238. The maximum absolute atomic E-state index is 2.44. The average Bonchev–Trinajstić information content (AvgIpc) is 2.72. The van der Waals surface area contributed by atoms with Gasteiger partial charge in [0.1, 0.15) is 0 Å². The summed E-state index contributed by atoms with van der Waals surface area (Å²) in [5.74, 6) is 0.369. The summed E-state index contributed by atoms with van der Waals surface area (Å²) in [6.07, 6.45) is 7.91. The average molecular weight is 1120 g/mol. The molecule has 88 heavy (non-hydrogen) atoms. The molecule has 0 fully saturated rings. The Hall–Kier alpha value is -11.5. The number of rotatable bonds is 4. The molecule has 4 heterocycles. The van der Waals surface area contributed by atoms with Crippen molar-refractivity contribution < 1.29 is 0 Å². The highest BCUT2D eigenvalue weighted by Gasteiger charge is 2.31. The predicted octanol–water partition coefficient (Wildman–Crippen LogP) is 22.3. The van der Waals surface area contributed by atoms with Crippen molar-refractivity contribution in [2.24, 2.45) is 0 Å². The van der Waals surface area contributed by atoms with Crippen molar-refractivity contribution in [3.8, 4) is 33.9 Å². The molecule has 0 radical (unpaired) electrons. The molecule has 0 aliphatic heterocycles. The van der Waals surface area contributed by atoms with Crippen LogP contribution in [-0.2, 0) is 0 Å². The van der Waals surface area contributed by atoms with Crippen LogP contribution in [-0.4, -0.2) is 18.3 Å². The molecule has 0 spiro atoms. The van der Waals surface area contributed by atoms with E-state index in [1.54, 1.807) is 0 Å². The topological polar surface area (TPSA) is 19.7 Å². The van der Waals surface area contributed by atoms with E-state index in [1.807, 2.05) is 0 Å². The number of hydrogen-bond acceptors (Lipinski definition) is 0. The lowest BCUT2D eigenvalue weighted by Crippen LogP contribution is -2.13. The molecule has 0 saturated carbocycles. The number of para-hydroxylation sites is 8.